The number of likely N-dealkylation sites (tertiary alicyclic amines) is 1. The summed E-state index contributed by atoms with van der Waals surface area (Å²) >= 11 is 3.59. The van der Waals surface area contributed by atoms with Gasteiger partial charge in [0, 0.05) is 51.5 Å². The van der Waals surface area contributed by atoms with E-state index < -0.39 is 11.7 Å². The summed E-state index contributed by atoms with van der Waals surface area (Å²) in [5.74, 6) is 1.36. The summed E-state index contributed by atoms with van der Waals surface area (Å²) < 4.78 is 44.3. The van der Waals surface area contributed by atoms with Crippen LogP contribution in [0.5, 0.6) is 5.75 Å². The maximum Gasteiger partial charge on any atom is 0.416 e. The molecule has 2 fully saturated rings. The Morgan fingerprint density at radius 2 is 1.62 bits per heavy atom. The average molecular weight is 647 g/mol. The van der Waals surface area contributed by atoms with E-state index >= 15 is 0 Å². The molecule has 2 aliphatic rings. The number of methoxy groups -OCH3 is 1. The monoisotopic (exact) mass is 645 g/mol. The molecule has 224 valence electrons. The molecule has 0 radical (unpaired) electrons. The fraction of sp³-hybridized carbons (Fsp3) is 0.419. The van der Waals surface area contributed by atoms with E-state index in [1.165, 1.54) is 17.7 Å². The van der Waals surface area contributed by atoms with Crippen LogP contribution in [0, 0.1) is 0 Å². The number of halogens is 4. The van der Waals surface area contributed by atoms with E-state index in [2.05, 4.69) is 53.1 Å². The molecule has 0 spiro atoms. The average Bonchev–Trinajstić information content (AvgIpc) is 3.00. The van der Waals surface area contributed by atoms with Crippen molar-refractivity contribution in [3.63, 3.8) is 0 Å². The zero-order chi connectivity index (χ0) is 29.7. The van der Waals surface area contributed by atoms with Crippen molar-refractivity contribution in [3.05, 3.63) is 87.5 Å². The van der Waals surface area contributed by atoms with Crippen LogP contribution in [-0.4, -0.2) is 73.1 Å². The Morgan fingerprint density at radius 1 is 0.976 bits per heavy atom. The Bertz CT molecular complexity index is 1340. The molecule has 1 amide bonds. The van der Waals surface area contributed by atoms with Crippen LogP contribution in [0.15, 0.2) is 65.3 Å². The number of anilines is 1. The lowest BCUT2D eigenvalue weighted by atomic mass is 10.0. The van der Waals surface area contributed by atoms with Gasteiger partial charge in [0.15, 0.2) is 0 Å². The number of amides is 1. The summed E-state index contributed by atoms with van der Waals surface area (Å²) in [6.45, 7) is 6.91. The number of benzene rings is 2. The minimum absolute atomic E-state index is 0.124. The van der Waals surface area contributed by atoms with Crippen LogP contribution in [0.2, 0.25) is 0 Å². The molecule has 1 aromatic heterocycles. The summed E-state index contributed by atoms with van der Waals surface area (Å²) in [7, 11) is 1.69. The van der Waals surface area contributed by atoms with E-state index in [9.17, 15) is 18.0 Å². The van der Waals surface area contributed by atoms with E-state index in [4.69, 9.17) is 4.74 Å². The van der Waals surface area contributed by atoms with Crippen molar-refractivity contribution in [1.82, 2.24) is 20.1 Å². The van der Waals surface area contributed by atoms with Gasteiger partial charge in [0.05, 0.1) is 22.7 Å². The number of rotatable bonds is 8. The van der Waals surface area contributed by atoms with E-state index in [0.29, 0.717) is 17.2 Å². The normalized spacial score (nSPS) is 17.3. The van der Waals surface area contributed by atoms with Gasteiger partial charge in [-0.25, -0.2) is 4.98 Å². The molecule has 1 N–H and O–H groups in total. The van der Waals surface area contributed by atoms with Crippen LogP contribution in [-0.2, 0) is 19.3 Å². The second kappa shape index (κ2) is 13.4. The first-order chi connectivity index (χ1) is 20.2. The summed E-state index contributed by atoms with van der Waals surface area (Å²) in [6.07, 6.45) is -0.513. The van der Waals surface area contributed by atoms with Gasteiger partial charge in [-0.3, -0.25) is 14.6 Å². The zero-order valence-corrected chi connectivity index (χ0v) is 25.1. The zero-order valence-electron chi connectivity index (χ0n) is 23.5. The summed E-state index contributed by atoms with van der Waals surface area (Å²) in [6, 6.07) is 15.4. The Balaban J connectivity index is 1.07. The third-order valence-corrected chi connectivity index (χ3v) is 8.65. The summed E-state index contributed by atoms with van der Waals surface area (Å²) in [5.41, 5.74) is 1.57. The van der Waals surface area contributed by atoms with Gasteiger partial charge in [-0.2, -0.15) is 13.2 Å². The van der Waals surface area contributed by atoms with E-state index in [-0.39, 0.29) is 12.5 Å². The largest absolute Gasteiger partial charge is 0.497 e. The van der Waals surface area contributed by atoms with Crippen molar-refractivity contribution < 1.29 is 22.7 Å². The number of ether oxygens (including phenoxy) is 1. The highest BCUT2D eigenvalue weighted by molar-refractivity contribution is 9.10. The third kappa shape index (κ3) is 7.62. The topological polar surface area (TPSA) is 60.9 Å². The number of piperazine rings is 1. The van der Waals surface area contributed by atoms with Crippen molar-refractivity contribution in [2.45, 2.75) is 38.1 Å². The number of alkyl halides is 3. The van der Waals surface area contributed by atoms with Crippen LogP contribution in [0.25, 0.3) is 0 Å². The van der Waals surface area contributed by atoms with Gasteiger partial charge in [-0.05, 0) is 83.3 Å². The highest BCUT2D eigenvalue weighted by atomic mass is 79.9. The SMILES string of the molecule is COc1ccc(CN2CCC(N3CCN(c4ncc(C(=O)NCc5ccc(C(F)(F)F)cc5)cc4Br)CC3)CC2)cc1. The smallest absolute Gasteiger partial charge is 0.416 e. The third-order valence-electron chi connectivity index (χ3n) is 8.07. The number of hydrogen-bond acceptors (Lipinski definition) is 6. The lowest BCUT2D eigenvalue weighted by Gasteiger charge is -2.43. The summed E-state index contributed by atoms with van der Waals surface area (Å²) in [4.78, 5) is 24.6. The summed E-state index contributed by atoms with van der Waals surface area (Å²) in [5, 5.41) is 2.75. The minimum atomic E-state index is -4.38. The molecule has 7 nitrogen and oxygen atoms in total. The Morgan fingerprint density at radius 3 is 2.21 bits per heavy atom. The van der Waals surface area contributed by atoms with Crippen molar-refractivity contribution in [2.24, 2.45) is 0 Å². The molecule has 2 aliphatic heterocycles. The van der Waals surface area contributed by atoms with Crippen LogP contribution < -0.4 is 15.0 Å². The van der Waals surface area contributed by atoms with Crippen molar-refractivity contribution >= 4 is 27.7 Å². The molecule has 5 rings (SSSR count). The van der Waals surface area contributed by atoms with Gasteiger partial charge < -0.3 is 15.0 Å². The van der Waals surface area contributed by atoms with Gasteiger partial charge in [0.1, 0.15) is 11.6 Å². The van der Waals surface area contributed by atoms with Gasteiger partial charge in [-0.1, -0.05) is 24.3 Å². The molecular weight excluding hydrogens is 611 g/mol. The molecule has 2 aromatic carbocycles. The molecule has 11 heteroatoms. The number of hydrogen-bond donors (Lipinski definition) is 1. The Hall–Kier alpha value is -3.15. The number of piperidine rings is 1. The first kappa shape index (κ1) is 30.3. The number of carbonyl (C=O) groups excluding carboxylic acids is 1. The minimum Gasteiger partial charge on any atom is -0.497 e. The Kier molecular flexibility index (Phi) is 9.70. The molecular formula is C31H35BrF3N5O2. The number of nitrogens with one attached hydrogen (secondary N) is 1. The number of pyridine rings is 1. The quantitative estimate of drug-likeness (QED) is 0.345. The Labute approximate surface area is 252 Å². The first-order valence-corrected chi connectivity index (χ1v) is 14.9. The van der Waals surface area contributed by atoms with E-state index in [1.807, 2.05) is 12.1 Å². The van der Waals surface area contributed by atoms with E-state index in [0.717, 1.165) is 86.8 Å². The second-order valence-corrected chi connectivity index (χ2v) is 11.6. The second-order valence-electron chi connectivity index (χ2n) is 10.8. The van der Waals surface area contributed by atoms with Gasteiger partial charge in [-0.15, -0.1) is 0 Å². The van der Waals surface area contributed by atoms with Crippen LogP contribution in [0.4, 0.5) is 19.0 Å². The molecule has 42 heavy (non-hydrogen) atoms. The maximum atomic E-state index is 12.8. The molecule has 0 aliphatic carbocycles. The first-order valence-electron chi connectivity index (χ1n) is 14.1. The predicted molar refractivity (Wildman–Crippen MR) is 160 cm³/mol. The fourth-order valence-electron chi connectivity index (χ4n) is 5.61. The lowest BCUT2D eigenvalue weighted by molar-refractivity contribution is -0.137. The van der Waals surface area contributed by atoms with E-state index in [1.54, 1.807) is 19.4 Å². The van der Waals surface area contributed by atoms with Crippen LogP contribution in [0.3, 0.4) is 0 Å². The number of aromatic nitrogens is 1. The predicted octanol–water partition coefficient (Wildman–Crippen LogP) is 5.59. The highest BCUT2D eigenvalue weighted by Crippen LogP contribution is 2.30. The van der Waals surface area contributed by atoms with Gasteiger partial charge in [0.25, 0.3) is 5.91 Å². The maximum absolute atomic E-state index is 12.8. The molecule has 3 heterocycles. The number of nitrogens with zero attached hydrogens (tertiary/aromatic N) is 4. The molecule has 0 unspecified atom stereocenters. The standard InChI is InChI=1S/C31H35BrF3N5O2/c1-42-27-8-4-23(5-9-27)21-38-12-10-26(11-13-38)39-14-16-40(17-15-39)29-28(32)18-24(20-36-29)30(41)37-19-22-2-6-25(7-3-22)31(33,34)35/h2-9,18,20,26H,10-17,19,21H2,1H3,(H,37,41). The van der Waals surface area contributed by atoms with Crippen molar-refractivity contribution in [1.29, 1.82) is 0 Å². The van der Waals surface area contributed by atoms with Crippen LogP contribution >= 0.6 is 15.9 Å². The fourth-order valence-corrected chi connectivity index (χ4v) is 6.21. The lowest BCUT2D eigenvalue weighted by Crippen LogP contribution is -2.53. The molecule has 0 atom stereocenters. The van der Waals surface area contributed by atoms with Gasteiger partial charge >= 0.3 is 6.18 Å². The van der Waals surface area contributed by atoms with Crippen molar-refractivity contribution in [2.75, 3.05) is 51.3 Å². The number of carbonyl (C=O) groups is 1. The molecule has 0 saturated carbocycles. The van der Waals surface area contributed by atoms with Crippen molar-refractivity contribution in [3.8, 4) is 5.75 Å². The molecule has 2 saturated heterocycles. The molecule has 0 bridgehead atoms. The van der Waals surface area contributed by atoms with Gasteiger partial charge in [0.2, 0.25) is 0 Å². The molecule has 3 aromatic rings. The highest BCUT2D eigenvalue weighted by Gasteiger charge is 2.30. The van der Waals surface area contributed by atoms with Crippen LogP contribution in [0.1, 0.15) is 39.9 Å².